The molecule has 1 saturated heterocycles. The van der Waals surface area contributed by atoms with Crippen molar-refractivity contribution in [2.24, 2.45) is 17.8 Å². The first-order valence-electron chi connectivity index (χ1n) is 10.6. The molecule has 0 aromatic carbocycles. The van der Waals surface area contributed by atoms with Crippen LogP contribution in [0.1, 0.15) is 70.6 Å². The molecule has 1 heterocycles. The number of nitrogens with one attached hydrogen (secondary N) is 2. The van der Waals surface area contributed by atoms with Crippen molar-refractivity contribution < 1.29 is 14.4 Å². The molecule has 1 spiro atoms. The lowest BCUT2D eigenvalue weighted by Gasteiger charge is -2.56. The second-order valence-corrected chi connectivity index (χ2v) is 11.1. The Bertz CT molecular complexity index is 638. The Morgan fingerprint density at radius 2 is 1.63 bits per heavy atom. The molecule has 5 saturated carbocycles. The van der Waals surface area contributed by atoms with Crippen LogP contribution >= 0.6 is 11.8 Å². The van der Waals surface area contributed by atoms with Crippen molar-refractivity contribution in [2.75, 3.05) is 5.75 Å². The van der Waals surface area contributed by atoms with Gasteiger partial charge in [-0.15, -0.1) is 11.8 Å². The van der Waals surface area contributed by atoms with Crippen molar-refractivity contribution in [1.82, 2.24) is 15.8 Å². The highest BCUT2D eigenvalue weighted by Crippen LogP contribution is 2.60. The predicted molar refractivity (Wildman–Crippen MR) is 103 cm³/mol. The zero-order valence-corrected chi connectivity index (χ0v) is 16.6. The maximum atomic E-state index is 12.8. The van der Waals surface area contributed by atoms with Crippen LogP contribution in [0, 0.1) is 17.8 Å². The zero-order chi connectivity index (χ0) is 18.6. The minimum absolute atomic E-state index is 0.230. The number of urea groups is 1. The summed E-state index contributed by atoms with van der Waals surface area (Å²) in [4.78, 5) is 37.6. The van der Waals surface area contributed by atoms with Gasteiger partial charge in [0.25, 0.3) is 5.91 Å². The predicted octanol–water partition coefficient (Wildman–Crippen LogP) is 2.97. The van der Waals surface area contributed by atoms with Crippen molar-refractivity contribution in [3.63, 3.8) is 0 Å². The van der Waals surface area contributed by atoms with Crippen molar-refractivity contribution in [3.8, 4) is 0 Å². The molecule has 0 aromatic heterocycles. The van der Waals surface area contributed by atoms with E-state index in [4.69, 9.17) is 0 Å². The highest BCUT2D eigenvalue weighted by atomic mass is 32.2. The number of thioether (sulfide) groups is 1. The minimum Gasteiger partial charge on any atom is -0.322 e. The standard InChI is InChI=1S/C20H29N3O3S/c24-16(12-27-19-9-13-6-14(10-19)8-15(7-13)11-19)22-23-17(25)20(21-18(23)26)4-2-1-3-5-20/h13-15H,1-12H2,(H,21,26)(H,22,24). The van der Waals surface area contributed by atoms with Gasteiger partial charge in [-0.2, -0.15) is 5.01 Å². The smallest absolute Gasteiger partial charge is 0.322 e. The van der Waals surface area contributed by atoms with Gasteiger partial charge in [0.1, 0.15) is 5.54 Å². The summed E-state index contributed by atoms with van der Waals surface area (Å²) in [7, 11) is 0. The van der Waals surface area contributed by atoms with Crippen LogP contribution in [0.3, 0.4) is 0 Å². The van der Waals surface area contributed by atoms with Crippen LogP contribution in [-0.2, 0) is 9.59 Å². The highest BCUT2D eigenvalue weighted by Gasteiger charge is 2.53. The van der Waals surface area contributed by atoms with Crippen LogP contribution in [0.2, 0.25) is 0 Å². The van der Waals surface area contributed by atoms with Gasteiger partial charge < -0.3 is 5.32 Å². The summed E-state index contributed by atoms with van der Waals surface area (Å²) in [5.41, 5.74) is 1.81. The highest BCUT2D eigenvalue weighted by molar-refractivity contribution is 8.01. The molecule has 7 heteroatoms. The zero-order valence-electron chi connectivity index (χ0n) is 15.8. The van der Waals surface area contributed by atoms with Crippen LogP contribution in [0.4, 0.5) is 4.79 Å². The third-order valence-corrected chi connectivity index (χ3v) is 9.12. The monoisotopic (exact) mass is 391 g/mol. The molecule has 0 radical (unpaired) electrons. The maximum Gasteiger partial charge on any atom is 0.344 e. The molecule has 2 N–H and O–H groups in total. The average molecular weight is 392 g/mol. The maximum absolute atomic E-state index is 12.8. The van der Waals surface area contributed by atoms with Gasteiger partial charge in [-0.1, -0.05) is 19.3 Å². The molecule has 0 unspecified atom stereocenters. The number of hydrogen-bond donors (Lipinski definition) is 2. The van der Waals surface area contributed by atoms with Gasteiger partial charge in [0, 0.05) is 4.75 Å². The van der Waals surface area contributed by atoms with E-state index < -0.39 is 11.6 Å². The Morgan fingerprint density at radius 3 is 2.22 bits per heavy atom. The lowest BCUT2D eigenvalue weighted by atomic mass is 9.56. The van der Waals surface area contributed by atoms with E-state index in [9.17, 15) is 14.4 Å². The number of hydrogen-bond acceptors (Lipinski definition) is 4. The number of nitrogens with zero attached hydrogens (tertiary/aromatic N) is 1. The summed E-state index contributed by atoms with van der Waals surface area (Å²) in [6.45, 7) is 0. The molecule has 27 heavy (non-hydrogen) atoms. The Labute approximate surface area is 164 Å². The second kappa shape index (κ2) is 6.39. The Morgan fingerprint density at radius 1 is 1.04 bits per heavy atom. The SMILES string of the molecule is O=C(CSC12CC3CC(CC(C3)C1)C2)NN1C(=O)NC2(CCCCC2)C1=O. The average Bonchev–Trinajstić information content (AvgIpc) is 2.84. The number of amides is 4. The van der Waals surface area contributed by atoms with Gasteiger partial charge in [-0.3, -0.25) is 15.0 Å². The quantitative estimate of drug-likeness (QED) is 0.722. The molecule has 1 aliphatic heterocycles. The molecule has 4 amide bonds. The van der Waals surface area contributed by atoms with E-state index in [0.29, 0.717) is 18.6 Å². The van der Waals surface area contributed by atoms with Crippen LogP contribution in [0.15, 0.2) is 0 Å². The molecule has 0 aromatic rings. The first-order valence-corrected chi connectivity index (χ1v) is 11.6. The van der Waals surface area contributed by atoms with E-state index in [0.717, 1.165) is 42.0 Å². The van der Waals surface area contributed by atoms with E-state index in [-0.39, 0.29) is 16.6 Å². The third-order valence-electron chi connectivity index (χ3n) is 7.60. The summed E-state index contributed by atoms with van der Waals surface area (Å²) in [5.74, 6) is 2.38. The van der Waals surface area contributed by atoms with E-state index in [1.54, 1.807) is 11.8 Å². The first-order chi connectivity index (χ1) is 13.0. The van der Waals surface area contributed by atoms with Gasteiger partial charge in [-0.25, -0.2) is 4.79 Å². The van der Waals surface area contributed by atoms with E-state index in [1.807, 2.05) is 0 Å². The molecule has 148 valence electrons. The van der Waals surface area contributed by atoms with Crippen molar-refractivity contribution >= 4 is 29.6 Å². The fraction of sp³-hybridized carbons (Fsp3) is 0.850. The first kappa shape index (κ1) is 17.8. The van der Waals surface area contributed by atoms with Gasteiger partial charge >= 0.3 is 6.03 Å². The summed E-state index contributed by atoms with van der Waals surface area (Å²) >= 11 is 1.77. The fourth-order valence-corrected chi connectivity index (χ4v) is 8.36. The minimum atomic E-state index is -0.782. The molecule has 6 rings (SSSR count). The summed E-state index contributed by atoms with van der Waals surface area (Å²) in [6, 6.07) is -0.477. The number of rotatable bonds is 4. The second-order valence-electron chi connectivity index (χ2n) is 9.64. The number of carbonyl (C=O) groups is 3. The third kappa shape index (κ3) is 3.06. The van der Waals surface area contributed by atoms with E-state index in [2.05, 4.69) is 10.7 Å². The fourth-order valence-electron chi connectivity index (χ4n) is 6.80. The normalized spacial score (nSPS) is 39.1. The van der Waals surface area contributed by atoms with Crippen molar-refractivity contribution in [1.29, 1.82) is 0 Å². The molecule has 6 aliphatic rings. The van der Waals surface area contributed by atoms with Crippen molar-refractivity contribution in [3.05, 3.63) is 0 Å². The number of imide groups is 1. The Hall–Kier alpha value is -1.24. The number of carbonyl (C=O) groups excluding carboxylic acids is 3. The largest absolute Gasteiger partial charge is 0.344 e. The van der Waals surface area contributed by atoms with Crippen LogP contribution in [-0.4, -0.2) is 38.9 Å². The molecular formula is C20H29N3O3S. The molecule has 5 aliphatic carbocycles. The van der Waals surface area contributed by atoms with E-state index in [1.165, 1.54) is 38.5 Å². The molecular weight excluding hydrogens is 362 g/mol. The van der Waals surface area contributed by atoms with E-state index >= 15 is 0 Å². The van der Waals surface area contributed by atoms with Gasteiger partial charge in [0.2, 0.25) is 5.91 Å². The van der Waals surface area contributed by atoms with Crippen LogP contribution < -0.4 is 10.7 Å². The van der Waals surface area contributed by atoms with Crippen LogP contribution in [0.5, 0.6) is 0 Å². The van der Waals surface area contributed by atoms with Crippen LogP contribution in [0.25, 0.3) is 0 Å². The molecule has 6 nitrogen and oxygen atoms in total. The molecule has 4 bridgehead atoms. The lowest BCUT2D eigenvalue weighted by Crippen LogP contribution is -2.52. The molecule has 6 fully saturated rings. The Kier molecular flexibility index (Phi) is 4.22. The topological polar surface area (TPSA) is 78.5 Å². The Balaban J connectivity index is 1.19. The summed E-state index contributed by atoms with van der Waals surface area (Å²) < 4.78 is 0.258. The van der Waals surface area contributed by atoms with Gasteiger partial charge in [0.15, 0.2) is 0 Å². The molecule has 0 atom stereocenters. The van der Waals surface area contributed by atoms with Crippen molar-refractivity contribution in [2.45, 2.75) is 80.9 Å². The summed E-state index contributed by atoms with van der Waals surface area (Å²) in [6.07, 6.45) is 12.2. The number of hydrazine groups is 1. The van der Waals surface area contributed by atoms with Gasteiger partial charge in [0.05, 0.1) is 5.75 Å². The summed E-state index contributed by atoms with van der Waals surface area (Å²) in [5, 5.41) is 3.78. The lowest BCUT2D eigenvalue weighted by molar-refractivity contribution is -0.139. The van der Waals surface area contributed by atoms with Gasteiger partial charge in [-0.05, 0) is 69.1 Å².